The van der Waals surface area contributed by atoms with Crippen LogP contribution in [0.2, 0.25) is 0 Å². The van der Waals surface area contributed by atoms with Crippen molar-refractivity contribution in [2.75, 3.05) is 0 Å². The van der Waals surface area contributed by atoms with Gasteiger partial charge in [0.05, 0.1) is 0 Å². The predicted octanol–water partition coefficient (Wildman–Crippen LogP) is 4.75. The second kappa shape index (κ2) is 6.31. The van der Waals surface area contributed by atoms with Gasteiger partial charge >= 0.3 is 0 Å². The number of halogens is 2. The van der Waals surface area contributed by atoms with E-state index < -0.39 is 0 Å². The highest BCUT2D eigenvalue weighted by molar-refractivity contribution is 9.10. The number of rotatable bonds is 4. The molecule has 1 N–H and O–H groups in total. The van der Waals surface area contributed by atoms with Crippen molar-refractivity contribution in [2.24, 2.45) is 0 Å². The summed E-state index contributed by atoms with van der Waals surface area (Å²) in [4.78, 5) is 0. The minimum Gasteiger partial charge on any atom is -0.310 e. The van der Waals surface area contributed by atoms with Crippen LogP contribution in [0, 0.1) is 5.82 Å². The summed E-state index contributed by atoms with van der Waals surface area (Å²) < 4.78 is 14.8. The van der Waals surface area contributed by atoms with E-state index >= 15 is 0 Å². The van der Waals surface area contributed by atoms with Gasteiger partial charge in [-0.2, -0.15) is 0 Å². The largest absolute Gasteiger partial charge is 0.310 e. The maximum absolute atomic E-state index is 13.8. The molecule has 0 unspecified atom stereocenters. The van der Waals surface area contributed by atoms with Gasteiger partial charge in [0, 0.05) is 22.6 Å². The summed E-state index contributed by atoms with van der Waals surface area (Å²) in [6.45, 7) is 4.65. The Kier molecular flexibility index (Phi) is 4.72. The fourth-order valence-electron chi connectivity index (χ4n) is 1.89. The minimum atomic E-state index is -0.163. The van der Waals surface area contributed by atoms with Crippen LogP contribution in [-0.2, 0) is 6.54 Å². The lowest BCUT2D eigenvalue weighted by Crippen LogP contribution is -2.22. The van der Waals surface area contributed by atoms with Gasteiger partial charge in [0.15, 0.2) is 0 Å². The lowest BCUT2D eigenvalue weighted by Gasteiger charge is -2.11. The molecule has 0 bridgehead atoms. The molecule has 0 heterocycles. The van der Waals surface area contributed by atoms with Crippen LogP contribution in [0.15, 0.2) is 46.9 Å². The van der Waals surface area contributed by atoms with Crippen molar-refractivity contribution >= 4 is 15.9 Å². The quantitative estimate of drug-likeness (QED) is 0.856. The molecular weight excluding hydrogens is 305 g/mol. The highest BCUT2D eigenvalue weighted by Gasteiger charge is 2.07. The first kappa shape index (κ1) is 14.2. The zero-order valence-corrected chi connectivity index (χ0v) is 12.7. The van der Waals surface area contributed by atoms with Crippen molar-refractivity contribution in [3.05, 3.63) is 58.3 Å². The third kappa shape index (κ3) is 3.64. The van der Waals surface area contributed by atoms with Gasteiger partial charge in [0.1, 0.15) is 5.82 Å². The van der Waals surface area contributed by atoms with E-state index in [4.69, 9.17) is 0 Å². The second-order valence-corrected chi connectivity index (χ2v) is 5.68. The number of hydrogen-bond acceptors (Lipinski definition) is 1. The minimum absolute atomic E-state index is 0.163. The van der Waals surface area contributed by atoms with Crippen molar-refractivity contribution in [1.82, 2.24) is 5.32 Å². The molecule has 100 valence electrons. The fraction of sp³-hybridized carbons (Fsp3) is 0.250. The Bertz CT molecular complexity index is 566. The monoisotopic (exact) mass is 321 g/mol. The van der Waals surface area contributed by atoms with Crippen molar-refractivity contribution in [2.45, 2.75) is 26.4 Å². The van der Waals surface area contributed by atoms with E-state index in [0.29, 0.717) is 18.2 Å². The molecule has 0 aliphatic carbocycles. The van der Waals surface area contributed by atoms with Crippen LogP contribution >= 0.6 is 15.9 Å². The van der Waals surface area contributed by atoms with E-state index in [9.17, 15) is 4.39 Å². The van der Waals surface area contributed by atoms with Crippen molar-refractivity contribution < 1.29 is 4.39 Å². The summed E-state index contributed by atoms with van der Waals surface area (Å²) in [6.07, 6.45) is 0. The van der Waals surface area contributed by atoms with Gasteiger partial charge in [0.25, 0.3) is 0 Å². The molecule has 0 aliphatic heterocycles. The molecular formula is C16H17BrFN. The third-order valence-electron chi connectivity index (χ3n) is 2.93. The topological polar surface area (TPSA) is 12.0 Å². The highest BCUT2D eigenvalue weighted by atomic mass is 79.9. The normalized spacial score (nSPS) is 11.0. The molecule has 0 aromatic heterocycles. The summed E-state index contributed by atoms with van der Waals surface area (Å²) in [5.41, 5.74) is 2.80. The zero-order chi connectivity index (χ0) is 13.8. The van der Waals surface area contributed by atoms with Crippen LogP contribution in [0.5, 0.6) is 0 Å². The molecule has 0 saturated heterocycles. The SMILES string of the molecule is CC(C)NCc1cc(-c2ccccc2Br)ccc1F. The summed E-state index contributed by atoms with van der Waals surface area (Å²) in [7, 11) is 0. The van der Waals surface area contributed by atoms with Crippen LogP contribution in [0.25, 0.3) is 11.1 Å². The number of hydrogen-bond donors (Lipinski definition) is 1. The van der Waals surface area contributed by atoms with E-state index in [2.05, 4.69) is 35.1 Å². The standard InChI is InChI=1S/C16H17BrFN/c1-11(2)19-10-13-9-12(7-8-16(13)18)14-5-3-4-6-15(14)17/h3-9,11,19H,10H2,1-2H3. The van der Waals surface area contributed by atoms with Crippen LogP contribution in [0.4, 0.5) is 4.39 Å². The molecule has 2 rings (SSSR count). The molecule has 19 heavy (non-hydrogen) atoms. The predicted molar refractivity (Wildman–Crippen MR) is 81.5 cm³/mol. The molecule has 0 aliphatic rings. The summed E-state index contributed by atoms with van der Waals surface area (Å²) in [5, 5.41) is 3.24. The molecule has 3 heteroatoms. The maximum Gasteiger partial charge on any atom is 0.127 e. The number of nitrogens with one attached hydrogen (secondary N) is 1. The van der Waals surface area contributed by atoms with E-state index in [-0.39, 0.29) is 5.82 Å². The molecule has 0 fully saturated rings. The van der Waals surface area contributed by atoms with Crippen LogP contribution in [0.1, 0.15) is 19.4 Å². The average Bonchev–Trinajstić information content (AvgIpc) is 2.38. The molecule has 0 saturated carbocycles. The van der Waals surface area contributed by atoms with E-state index in [0.717, 1.165) is 15.6 Å². The number of benzene rings is 2. The van der Waals surface area contributed by atoms with Gasteiger partial charge in [-0.15, -0.1) is 0 Å². The molecule has 1 nitrogen and oxygen atoms in total. The van der Waals surface area contributed by atoms with Crippen LogP contribution < -0.4 is 5.32 Å². The Morgan fingerprint density at radius 1 is 1.16 bits per heavy atom. The van der Waals surface area contributed by atoms with Gasteiger partial charge in [0.2, 0.25) is 0 Å². The van der Waals surface area contributed by atoms with Crippen molar-refractivity contribution in [1.29, 1.82) is 0 Å². The maximum atomic E-state index is 13.8. The Morgan fingerprint density at radius 2 is 1.89 bits per heavy atom. The van der Waals surface area contributed by atoms with Gasteiger partial charge in [-0.1, -0.05) is 54.0 Å². The smallest absolute Gasteiger partial charge is 0.127 e. The molecule has 0 amide bonds. The summed E-state index contributed by atoms with van der Waals surface area (Å²) in [6, 6.07) is 13.6. The first-order valence-corrected chi connectivity index (χ1v) is 7.14. The third-order valence-corrected chi connectivity index (χ3v) is 3.62. The van der Waals surface area contributed by atoms with Crippen LogP contribution in [-0.4, -0.2) is 6.04 Å². The lowest BCUT2D eigenvalue weighted by molar-refractivity contribution is 0.553. The van der Waals surface area contributed by atoms with Gasteiger partial charge in [-0.05, 0) is 29.3 Å². The first-order valence-electron chi connectivity index (χ1n) is 6.34. The fourth-order valence-corrected chi connectivity index (χ4v) is 2.40. The zero-order valence-electron chi connectivity index (χ0n) is 11.1. The Balaban J connectivity index is 2.33. The Hall–Kier alpha value is -1.19. The Morgan fingerprint density at radius 3 is 2.58 bits per heavy atom. The molecule has 0 spiro atoms. The molecule has 2 aromatic carbocycles. The molecule has 0 atom stereocenters. The van der Waals surface area contributed by atoms with Crippen molar-refractivity contribution in [3.8, 4) is 11.1 Å². The Labute approximate surface area is 122 Å². The average molecular weight is 322 g/mol. The van der Waals surface area contributed by atoms with Crippen molar-refractivity contribution in [3.63, 3.8) is 0 Å². The van der Waals surface area contributed by atoms with Gasteiger partial charge < -0.3 is 5.32 Å². The van der Waals surface area contributed by atoms with Gasteiger partial charge in [-0.25, -0.2) is 4.39 Å². The molecule has 0 radical (unpaired) electrons. The summed E-state index contributed by atoms with van der Waals surface area (Å²) in [5.74, 6) is -0.163. The van der Waals surface area contributed by atoms with Gasteiger partial charge in [-0.3, -0.25) is 0 Å². The highest BCUT2D eigenvalue weighted by Crippen LogP contribution is 2.29. The first-order chi connectivity index (χ1) is 9.08. The lowest BCUT2D eigenvalue weighted by atomic mass is 10.0. The van der Waals surface area contributed by atoms with Crippen LogP contribution in [0.3, 0.4) is 0 Å². The summed E-state index contributed by atoms with van der Waals surface area (Å²) >= 11 is 3.53. The van der Waals surface area contributed by atoms with E-state index in [1.807, 2.05) is 36.4 Å². The second-order valence-electron chi connectivity index (χ2n) is 4.82. The molecule has 2 aromatic rings. The van der Waals surface area contributed by atoms with E-state index in [1.54, 1.807) is 0 Å². The van der Waals surface area contributed by atoms with E-state index in [1.165, 1.54) is 6.07 Å².